The maximum absolute atomic E-state index is 12.6. The second kappa shape index (κ2) is 8.96. The first-order chi connectivity index (χ1) is 12.6. The maximum atomic E-state index is 12.6. The largest absolute Gasteiger partial charge is 0.352 e. The summed E-state index contributed by atoms with van der Waals surface area (Å²) in [5, 5.41) is 7.96. The standard InChI is InChI=1S/C19H26Cl2N4O/c1-22-19(23-11-14-6-7-15(20)10-17(14)21)24-16-8-9-25(12-16)18(26)13-4-2-3-5-13/h6-7,10,13,16H,2-5,8-9,11-12H2,1H3,(H2,22,23,24). The molecule has 1 aromatic rings. The van der Waals surface area contributed by atoms with Crippen LogP contribution >= 0.6 is 23.2 Å². The molecule has 1 aromatic carbocycles. The van der Waals surface area contributed by atoms with Crippen LogP contribution in [0.15, 0.2) is 23.2 Å². The number of hydrogen-bond acceptors (Lipinski definition) is 2. The second-order valence-electron chi connectivity index (χ2n) is 7.06. The number of likely N-dealkylation sites (tertiary alicyclic amines) is 1. The number of benzene rings is 1. The zero-order chi connectivity index (χ0) is 18.5. The molecule has 1 saturated heterocycles. The molecule has 7 heteroatoms. The second-order valence-corrected chi connectivity index (χ2v) is 7.90. The summed E-state index contributed by atoms with van der Waals surface area (Å²) in [6, 6.07) is 5.69. The van der Waals surface area contributed by atoms with Crippen LogP contribution < -0.4 is 10.6 Å². The Hall–Kier alpha value is -1.46. The van der Waals surface area contributed by atoms with Gasteiger partial charge in [-0.25, -0.2) is 0 Å². The van der Waals surface area contributed by atoms with Gasteiger partial charge in [-0.05, 0) is 37.0 Å². The molecule has 1 aliphatic carbocycles. The van der Waals surface area contributed by atoms with Gasteiger partial charge in [-0.15, -0.1) is 0 Å². The summed E-state index contributed by atoms with van der Waals surface area (Å²) >= 11 is 12.1. The normalized spacial score (nSPS) is 21.3. The molecular formula is C19H26Cl2N4O. The molecule has 2 N–H and O–H groups in total. The van der Waals surface area contributed by atoms with E-state index in [1.807, 2.05) is 17.0 Å². The molecule has 1 heterocycles. The predicted molar refractivity (Wildman–Crippen MR) is 107 cm³/mol. The summed E-state index contributed by atoms with van der Waals surface area (Å²) in [7, 11) is 1.75. The molecular weight excluding hydrogens is 371 g/mol. The van der Waals surface area contributed by atoms with Crippen molar-refractivity contribution in [1.82, 2.24) is 15.5 Å². The molecule has 142 valence electrons. The van der Waals surface area contributed by atoms with Crippen molar-refractivity contribution in [2.75, 3.05) is 20.1 Å². The molecule has 1 saturated carbocycles. The Morgan fingerprint density at radius 2 is 2.04 bits per heavy atom. The van der Waals surface area contributed by atoms with Crippen molar-refractivity contribution >= 4 is 35.1 Å². The Balaban J connectivity index is 1.48. The Morgan fingerprint density at radius 3 is 2.73 bits per heavy atom. The van der Waals surface area contributed by atoms with Gasteiger partial charge >= 0.3 is 0 Å². The molecule has 1 aliphatic heterocycles. The van der Waals surface area contributed by atoms with Crippen LogP contribution in [0.25, 0.3) is 0 Å². The molecule has 2 fully saturated rings. The molecule has 2 aliphatic rings. The zero-order valence-corrected chi connectivity index (χ0v) is 16.6. The number of hydrogen-bond donors (Lipinski definition) is 2. The molecule has 3 rings (SSSR count). The number of carbonyl (C=O) groups is 1. The minimum atomic E-state index is 0.229. The van der Waals surface area contributed by atoms with E-state index >= 15 is 0 Å². The average Bonchev–Trinajstić information content (AvgIpc) is 3.31. The fourth-order valence-electron chi connectivity index (χ4n) is 3.74. The van der Waals surface area contributed by atoms with Crippen LogP contribution in [-0.2, 0) is 11.3 Å². The Bertz CT molecular complexity index is 674. The molecule has 1 amide bonds. The van der Waals surface area contributed by atoms with Crippen molar-refractivity contribution in [2.24, 2.45) is 10.9 Å². The monoisotopic (exact) mass is 396 g/mol. The number of rotatable bonds is 4. The van der Waals surface area contributed by atoms with Crippen molar-refractivity contribution in [2.45, 2.75) is 44.7 Å². The van der Waals surface area contributed by atoms with Crippen molar-refractivity contribution < 1.29 is 4.79 Å². The smallest absolute Gasteiger partial charge is 0.225 e. The lowest BCUT2D eigenvalue weighted by Crippen LogP contribution is -2.45. The first-order valence-electron chi connectivity index (χ1n) is 9.26. The summed E-state index contributed by atoms with van der Waals surface area (Å²) in [5.74, 6) is 1.30. The number of halogens is 2. The van der Waals surface area contributed by atoms with E-state index in [1.54, 1.807) is 13.1 Å². The Kier molecular flexibility index (Phi) is 6.65. The summed E-state index contributed by atoms with van der Waals surface area (Å²) < 4.78 is 0. The van der Waals surface area contributed by atoms with E-state index in [2.05, 4.69) is 15.6 Å². The molecule has 5 nitrogen and oxygen atoms in total. The molecule has 0 aromatic heterocycles. The van der Waals surface area contributed by atoms with Crippen LogP contribution in [0.4, 0.5) is 0 Å². The third-order valence-electron chi connectivity index (χ3n) is 5.23. The van der Waals surface area contributed by atoms with Gasteiger partial charge in [-0.3, -0.25) is 9.79 Å². The van der Waals surface area contributed by atoms with Crippen LogP contribution in [0.1, 0.15) is 37.7 Å². The summed E-state index contributed by atoms with van der Waals surface area (Å²) in [6.45, 7) is 2.14. The van der Waals surface area contributed by atoms with Gasteiger partial charge in [0.05, 0.1) is 0 Å². The van der Waals surface area contributed by atoms with Crippen molar-refractivity contribution in [1.29, 1.82) is 0 Å². The molecule has 0 bridgehead atoms. The van der Waals surface area contributed by atoms with E-state index in [4.69, 9.17) is 23.2 Å². The van der Waals surface area contributed by atoms with Crippen molar-refractivity contribution in [3.8, 4) is 0 Å². The topological polar surface area (TPSA) is 56.7 Å². The van der Waals surface area contributed by atoms with Gasteiger partial charge in [-0.1, -0.05) is 42.1 Å². The van der Waals surface area contributed by atoms with Gasteiger partial charge in [0, 0.05) is 48.7 Å². The minimum Gasteiger partial charge on any atom is -0.352 e. The van der Waals surface area contributed by atoms with E-state index in [0.717, 1.165) is 43.9 Å². The SMILES string of the molecule is CN=C(NCc1ccc(Cl)cc1Cl)NC1CCN(C(=O)C2CCCC2)C1. The lowest BCUT2D eigenvalue weighted by Gasteiger charge is -2.21. The quantitative estimate of drug-likeness (QED) is 0.605. The molecule has 1 atom stereocenters. The van der Waals surface area contributed by atoms with Crippen molar-refractivity contribution in [3.05, 3.63) is 33.8 Å². The lowest BCUT2D eigenvalue weighted by atomic mass is 10.1. The lowest BCUT2D eigenvalue weighted by molar-refractivity contribution is -0.134. The molecule has 1 unspecified atom stereocenters. The summed E-state index contributed by atoms with van der Waals surface area (Å²) in [5.41, 5.74) is 0.962. The van der Waals surface area contributed by atoms with Gasteiger partial charge in [0.1, 0.15) is 0 Å². The van der Waals surface area contributed by atoms with Crippen molar-refractivity contribution in [3.63, 3.8) is 0 Å². The van der Waals surface area contributed by atoms with E-state index in [0.29, 0.717) is 22.5 Å². The highest BCUT2D eigenvalue weighted by molar-refractivity contribution is 6.35. The van der Waals surface area contributed by atoms with E-state index in [9.17, 15) is 4.79 Å². The van der Waals surface area contributed by atoms with Gasteiger partial charge in [0.2, 0.25) is 5.91 Å². The predicted octanol–water partition coefficient (Wildman–Crippen LogP) is 3.45. The highest BCUT2D eigenvalue weighted by atomic mass is 35.5. The van der Waals surface area contributed by atoms with Gasteiger partial charge < -0.3 is 15.5 Å². The number of nitrogens with one attached hydrogen (secondary N) is 2. The molecule has 26 heavy (non-hydrogen) atoms. The number of amides is 1. The number of nitrogens with zero attached hydrogens (tertiary/aromatic N) is 2. The van der Waals surface area contributed by atoms with Crippen LogP contribution in [-0.4, -0.2) is 42.9 Å². The maximum Gasteiger partial charge on any atom is 0.225 e. The average molecular weight is 397 g/mol. The summed E-state index contributed by atoms with van der Waals surface area (Å²) in [4.78, 5) is 18.8. The van der Waals surface area contributed by atoms with Gasteiger partial charge in [0.15, 0.2) is 5.96 Å². The molecule has 0 radical (unpaired) electrons. The summed E-state index contributed by atoms with van der Waals surface area (Å²) in [6.07, 6.45) is 5.43. The van der Waals surface area contributed by atoms with Gasteiger partial charge in [-0.2, -0.15) is 0 Å². The third-order valence-corrected chi connectivity index (χ3v) is 5.82. The number of carbonyl (C=O) groups excluding carboxylic acids is 1. The van der Waals surface area contributed by atoms with E-state index in [-0.39, 0.29) is 12.0 Å². The Labute approximate surface area is 165 Å². The minimum absolute atomic E-state index is 0.229. The number of aliphatic imine (C=N–C) groups is 1. The fraction of sp³-hybridized carbons (Fsp3) is 0.579. The first kappa shape index (κ1) is 19.3. The third kappa shape index (κ3) is 4.83. The van der Waals surface area contributed by atoms with Crippen LogP contribution in [0, 0.1) is 5.92 Å². The first-order valence-corrected chi connectivity index (χ1v) is 10.0. The highest BCUT2D eigenvalue weighted by Gasteiger charge is 2.32. The highest BCUT2D eigenvalue weighted by Crippen LogP contribution is 2.28. The molecule has 0 spiro atoms. The van der Waals surface area contributed by atoms with Crippen LogP contribution in [0.3, 0.4) is 0 Å². The fourth-order valence-corrected chi connectivity index (χ4v) is 4.22. The number of guanidine groups is 1. The van der Waals surface area contributed by atoms with Crippen LogP contribution in [0.2, 0.25) is 10.0 Å². The Morgan fingerprint density at radius 1 is 1.27 bits per heavy atom. The van der Waals surface area contributed by atoms with Crippen LogP contribution in [0.5, 0.6) is 0 Å². The van der Waals surface area contributed by atoms with Gasteiger partial charge in [0.25, 0.3) is 0 Å². The van der Waals surface area contributed by atoms with E-state index < -0.39 is 0 Å². The van der Waals surface area contributed by atoms with E-state index in [1.165, 1.54) is 12.8 Å². The zero-order valence-electron chi connectivity index (χ0n) is 15.1.